The third kappa shape index (κ3) is 5.74. The maximum atomic E-state index is 11.1. The van der Waals surface area contributed by atoms with E-state index in [1.165, 1.54) is 0 Å². The molecule has 1 aromatic heterocycles. The normalized spacial score (nSPS) is 17.1. The summed E-state index contributed by atoms with van der Waals surface area (Å²) >= 11 is 0. The van der Waals surface area contributed by atoms with E-state index in [0.717, 1.165) is 44.2 Å². The summed E-state index contributed by atoms with van der Waals surface area (Å²) in [5.41, 5.74) is 0.278. The van der Waals surface area contributed by atoms with Crippen molar-refractivity contribution in [2.45, 2.75) is 10.8 Å². The van der Waals surface area contributed by atoms with Gasteiger partial charge in [-0.15, -0.1) is 0 Å². The Balaban J connectivity index is 1.17. The van der Waals surface area contributed by atoms with Crippen molar-refractivity contribution in [2.75, 3.05) is 4.90 Å². The first-order valence-corrected chi connectivity index (χ1v) is 22.9. The molecule has 0 bridgehead atoms. The van der Waals surface area contributed by atoms with Gasteiger partial charge in [-0.05, 0) is 115 Å². The van der Waals surface area contributed by atoms with Crippen LogP contribution >= 0.6 is 0 Å². The average Bonchev–Trinajstić information content (AvgIpc) is 1.54. The first kappa shape index (κ1) is 26.5. The maximum absolute atomic E-state index is 11.1. The molecule has 2 nitrogen and oxygen atoms in total. The number of anilines is 3. The van der Waals surface area contributed by atoms with Crippen molar-refractivity contribution in [2.24, 2.45) is 0 Å². The highest BCUT2D eigenvalue weighted by atomic mass is 16.3. The molecule has 0 saturated heterocycles. The van der Waals surface area contributed by atoms with Crippen molar-refractivity contribution in [1.82, 2.24) is 0 Å². The molecule has 2 heteroatoms. The summed E-state index contributed by atoms with van der Waals surface area (Å²) in [7, 11) is 0. The van der Waals surface area contributed by atoms with Gasteiger partial charge in [0.05, 0.1) is 34.1 Å². The lowest BCUT2D eigenvalue weighted by Crippen LogP contribution is -2.29. The fraction of sp³-hybridized carbons (Fsp3) is 0.0294. The second kappa shape index (κ2) is 15.8. The van der Waals surface area contributed by atoms with Gasteiger partial charge >= 0.3 is 0 Å². The Hall–Kier alpha value is -8.98. The Morgan fingerprint density at radius 1 is 0.343 bits per heavy atom. The first-order chi connectivity index (χ1) is 41.8. The van der Waals surface area contributed by atoms with E-state index in [4.69, 9.17) is 14.0 Å². The Morgan fingerprint density at radius 2 is 0.929 bits per heavy atom. The third-order valence-electron chi connectivity index (χ3n) is 14.0. The third-order valence-corrected chi connectivity index (χ3v) is 14.0. The molecule has 1 heterocycles. The predicted molar refractivity (Wildman–Crippen MR) is 288 cm³/mol. The van der Waals surface area contributed by atoms with Crippen LogP contribution in [-0.2, 0) is 10.8 Å². The second-order valence-corrected chi connectivity index (χ2v) is 17.4. The van der Waals surface area contributed by atoms with E-state index >= 15 is 0 Å². The number of fused-ring (bicyclic) bond motifs is 9. The fourth-order valence-corrected chi connectivity index (χ4v) is 11.1. The zero-order valence-electron chi connectivity index (χ0n) is 54.0. The van der Waals surface area contributed by atoms with Gasteiger partial charge in [-0.1, -0.05) is 230 Å². The fourth-order valence-electron chi connectivity index (χ4n) is 11.1. The molecule has 328 valence electrons. The zero-order chi connectivity index (χ0) is 61.0. The number of hydrogen-bond acceptors (Lipinski definition) is 2. The van der Waals surface area contributed by atoms with Crippen LogP contribution in [0.15, 0.2) is 277 Å². The van der Waals surface area contributed by atoms with E-state index in [9.17, 15) is 13.7 Å². The van der Waals surface area contributed by atoms with Crippen LogP contribution in [0.3, 0.4) is 0 Å². The van der Waals surface area contributed by atoms with Crippen molar-refractivity contribution < 1.29 is 27.7 Å². The predicted octanol–water partition coefficient (Wildman–Crippen LogP) is 17.4. The molecular formula is C68H45NO. The van der Waals surface area contributed by atoms with Crippen LogP contribution in [0.4, 0.5) is 17.1 Å². The van der Waals surface area contributed by atoms with Gasteiger partial charge in [0, 0.05) is 33.4 Å². The molecule has 11 aromatic carbocycles. The van der Waals surface area contributed by atoms with Crippen LogP contribution in [0.5, 0.6) is 0 Å². The van der Waals surface area contributed by atoms with Crippen molar-refractivity contribution in [3.8, 4) is 33.4 Å². The first-order valence-electron chi connectivity index (χ1n) is 31.4. The number of benzene rings is 11. The Bertz CT molecular complexity index is 4820. The van der Waals surface area contributed by atoms with Crippen molar-refractivity contribution >= 4 is 39.0 Å². The summed E-state index contributed by atoms with van der Waals surface area (Å²) < 4.78 is 169. The van der Waals surface area contributed by atoms with Crippen molar-refractivity contribution in [3.05, 3.63) is 317 Å². The molecule has 0 unspecified atom stereocenters. The van der Waals surface area contributed by atoms with Crippen LogP contribution in [0, 0.1) is 0 Å². The zero-order valence-corrected chi connectivity index (χ0v) is 37.0. The number of hydrogen-bond donors (Lipinski definition) is 0. The highest BCUT2D eigenvalue weighted by Crippen LogP contribution is 2.59. The summed E-state index contributed by atoms with van der Waals surface area (Å²) in [6.45, 7) is 0. The molecule has 0 amide bonds. The van der Waals surface area contributed by atoms with Crippen molar-refractivity contribution in [1.29, 1.82) is 0 Å². The van der Waals surface area contributed by atoms with E-state index in [1.807, 2.05) is 121 Å². The molecule has 14 rings (SSSR count). The lowest BCUT2D eigenvalue weighted by atomic mass is 9.67. The van der Waals surface area contributed by atoms with Gasteiger partial charge in [0.15, 0.2) is 0 Å². The van der Waals surface area contributed by atoms with Crippen molar-refractivity contribution in [3.63, 3.8) is 0 Å². The topological polar surface area (TPSA) is 16.4 Å². The molecule has 0 radical (unpaired) electrons. The average molecular weight is 909 g/mol. The lowest BCUT2D eigenvalue weighted by molar-refractivity contribution is 0.670. The summed E-state index contributed by atoms with van der Waals surface area (Å²) in [4.78, 5) is 1.60. The second-order valence-electron chi connectivity index (χ2n) is 17.4. The van der Waals surface area contributed by atoms with Gasteiger partial charge in [-0.25, -0.2) is 0 Å². The number of para-hydroxylation sites is 2. The molecule has 2 aliphatic rings. The summed E-state index contributed by atoms with van der Waals surface area (Å²) in [5, 5.41) is 1.72. The smallest absolute Gasteiger partial charge is 0.143 e. The molecule has 0 saturated carbocycles. The van der Waals surface area contributed by atoms with Crippen LogP contribution < -0.4 is 4.90 Å². The standard InChI is InChI=1S/C68H45NO/c1-5-22-47(23-6-1)67(48-24-7-2-8-25-48)61-36-16-13-31-55(61)57-41-39-52(44-63(57)67)69(51-30-19-21-46(43-51)54-34-20-35-60-59-33-15-18-38-65(59)70-66(54)60)53-40-42-58-56-32-14-17-37-62(56)68(64(58)45-53,49-26-9-3-10-27-49)50-28-11-4-12-29-50/h1-45H/i1D,2D,5D,6D,7D,8D,13D,16D,22D,23D,24D,25D,31D,36D,39D,41D,44D. The van der Waals surface area contributed by atoms with Gasteiger partial charge in [-0.3, -0.25) is 0 Å². The van der Waals surface area contributed by atoms with Gasteiger partial charge in [0.2, 0.25) is 0 Å². The minimum atomic E-state index is -3.02. The molecule has 0 spiro atoms. The quantitative estimate of drug-likeness (QED) is 0.151. The minimum absolute atomic E-state index is 0.304. The summed E-state index contributed by atoms with van der Waals surface area (Å²) in [6.07, 6.45) is 0. The van der Waals surface area contributed by atoms with E-state index in [1.54, 1.807) is 17.0 Å². The van der Waals surface area contributed by atoms with Crippen LogP contribution in [0.2, 0.25) is 0 Å². The Labute approximate surface area is 431 Å². The van der Waals surface area contributed by atoms with E-state index in [2.05, 4.69) is 36.4 Å². The molecule has 2 aliphatic carbocycles. The molecule has 0 N–H and O–H groups in total. The molecule has 70 heavy (non-hydrogen) atoms. The van der Waals surface area contributed by atoms with Gasteiger partial charge < -0.3 is 9.32 Å². The SMILES string of the molecule is [2H]c1c([2H])c([2H])c(C2(c3c([2H])c([2H])c([2H])c([2H])c3[2H])c3c([2H])c([2H])c([2H])c([2H])c3-c3c([2H])c([2H])c(N(c4cccc(-c5cccc6c5oc5ccccc56)c4)c4ccc5c(c4)C(c4ccccc4)(c4ccccc4)c4ccccc4-5)c([2H])c32)c([2H])c1[2H]. The highest BCUT2D eigenvalue weighted by Gasteiger charge is 2.48. The van der Waals surface area contributed by atoms with Gasteiger partial charge in [-0.2, -0.15) is 0 Å². The van der Waals surface area contributed by atoms with Crippen LogP contribution in [-0.4, -0.2) is 0 Å². The van der Waals surface area contributed by atoms with Crippen LogP contribution in [0.25, 0.3) is 55.3 Å². The Morgan fingerprint density at radius 3 is 1.70 bits per heavy atom. The van der Waals surface area contributed by atoms with Gasteiger partial charge in [0.1, 0.15) is 11.2 Å². The number of furan rings is 1. The molecule has 0 aliphatic heterocycles. The minimum Gasteiger partial charge on any atom is -0.455 e. The largest absolute Gasteiger partial charge is 0.455 e. The number of nitrogens with zero attached hydrogens (tertiary/aromatic N) is 1. The van der Waals surface area contributed by atoms with E-state index < -0.39 is 147 Å². The number of rotatable bonds is 8. The lowest BCUT2D eigenvalue weighted by Gasteiger charge is -2.36. The molecule has 0 atom stereocenters. The Kier molecular flexibility index (Phi) is 5.99. The van der Waals surface area contributed by atoms with Crippen LogP contribution in [0.1, 0.15) is 67.8 Å². The maximum Gasteiger partial charge on any atom is 0.143 e. The molecular weight excluding hydrogens is 847 g/mol. The van der Waals surface area contributed by atoms with Gasteiger partial charge in [0.25, 0.3) is 0 Å². The summed E-state index contributed by atoms with van der Waals surface area (Å²) in [5.74, 6) is 0. The molecule has 12 aromatic rings. The van der Waals surface area contributed by atoms with E-state index in [0.29, 0.717) is 33.7 Å². The summed E-state index contributed by atoms with van der Waals surface area (Å²) in [6, 6.07) is 39.4. The monoisotopic (exact) mass is 908 g/mol. The molecule has 0 fully saturated rings. The van der Waals surface area contributed by atoms with E-state index in [-0.39, 0.29) is 5.69 Å². The highest BCUT2D eigenvalue weighted by molar-refractivity contribution is 6.09.